The number of carbonyl (C=O) groups is 2. The summed E-state index contributed by atoms with van der Waals surface area (Å²) in [6.07, 6.45) is 1.94. The van der Waals surface area contributed by atoms with Gasteiger partial charge in [0.15, 0.2) is 5.78 Å². The van der Waals surface area contributed by atoms with Crippen molar-refractivity contribution in [3.05, 3.63) is 29.8 Å². The summed E-state index contributed by atoms with van der Waals surface area (Å²) in [7, 11) is 0. The van der Waals surface area contributed by atoms with E-state index in [1.165, 1.54) is 13.3 Å². The fourth-order valence-electron chi connectivity index (χ4n) is 1.23. The molecule has 20 heavy (non-hydrogen) atoms. The lowest BCUT2D eigenvalue weighted by Gasteiger charge is -2.20. The minimum Gasteiger partial charge on any atom is -0.425 e. The fourth-order valence-corrected chi connectivity index (χ4v) is 1.23. The summed E-state index contributed by atoms with van der Waals surface area (Å²) in [6.45, 7) is 11.3. The number of ketones is 1. The van der Waals surface area contributed by atoms with Crippen molar-refractivity contribution in [1.29, 1.82) is 0 Å². The standard InChI is InChI=1S/C14H18O3.C3H8/c1-5-14(3,4)13(16)17-12-9-7-6-8-11(12)10(2)15;1-3-2/h6-9H,5H2,1-4H3;3H2,1-2H3. The van der Waals surface area contributed by atoms with Crippen molar-refractivity contribution in [2.75, 3.05) is 0 Å². The molecule has 0 fully saturated rings. The highest BCUT2D eigenvalue weighted by molar-refractivity contribution is 5.97. The van der Waals surface area contributed by atoms with Crippen LogP contribution in [0.1, 0.15) is 64.7 Å². The Morgan fingerprint density at radius 3 is 2.05 bits per heavy atom. The molecule has 0 atom stereocenters. The number of para-hydroxylation sites is 1. The number of esters is 1. The summed E-state index contributed by atoms with van der Waals surface area (Å²) >= 11 is 0. The average Bonchev–Trinajstić information content (AvgIpc) is 2.40. The first-order valence-corrected chi connectivity index (χ1v) is 7.12. The second kappa shape index (κ2) is 8.51. The minimum atomic E-state index is -0.538. The molecule has 0 aliphatic heterocycles. The van der Waals surface area contributed by atoms with Crippen LogP contribution in [0.25, 0.3) is 0 Å². The molecule has 0 unspecified atom stereocenters. The van der Waals surface area contributed by atoms with E-state index in [1.807, 2.05) is 20.8 Å². The maximum absolute atomic E-state index is 11.9. The molecular formula is C17H26O3. The van der Waals surface area contributed by atoms with Gasteiger partial charge in [-0.05, 0) is 39.3 Å². The average molecular weight is 278 g/mol. The van der Waals surface area contributed by atoms with Gasteiger partial charge in [0.1, 0.15) is 5.75 Å². The summed E-state index contributed by atoms with van der Waals surface area (Å²) in [4.78, 5) is 23.3. The van der Waals surface area contributed by atoms with Gasteiger partial charge in [0.05, 0.1) is 11.0 Å². The highest BCUT2D eigenvalue weighted by Crippen LogP contribution is 2.25. The molecule has 3 nitrogen and oxygen atoms in total. The van der Waals surface area contributed by atoms with Crippen LogP contribution in [-0.2, 0) is 4.79 Å². The zero-order valence-electron chi connectivity index (χ0n) is 13.4. The number of rotatable bonds is 4. The van der Waals surface area contributed by atoms with Crippen molar-refractivity contribution in [3.63, 3.8) is 0 Å². The Bertz CT molecular complexity index is 447. The van der Waals surface area contributed by atoms with E-state index < -0.39 is 5.41 Å². The molecule has 1 aromatic carbocycles. The molecule has 0 N–H and O–H groups in total. The molecule has 3 heteroatoms. The lowest BCUT2D eigenvalue weighted by Crippen LogP contribution is -2.28. The van der Waals surface area contributed by atoms with Gasteiger partial charge in [0.2, 0.25) is 0 Å². The van der Waals surface area contributed by atoms with E-state index in [1.54, 1.807) is 24.3 Å². The van der Waals surface area contributed by atoms with Gasteiger partial charge >= 0.3 is 5.97 Å². The van der Waals surface area contributed by atoms with E-state index in [9.17, 15) is 9.59 Å². The van der Waals surface area contributed by atoms with Crippen LogP contribution < -0.4 is 4.74 Å². The molecule has 0 amide bonds. The lowest BCUT2D eigenvalue weighted by molar-refractivity contribution is -0.144. The number of hydrogen-bond acceptors (Lipinski definition) is 3. The predicted octanol–water partition coefficient (Wildman–Crippen LogP) is 4.65. The molecule has 1 rings (SSSR count). The van der Waals surface area contributed by atoms with E-state index in [-0.39, 0.29) is 11.8 Å². The van der Waals surface area contributed by atoms with Gasteiger partial charge in [-0.2, -0.15) is 0 Å². The van der Waals surface area contributed by atoms with Gasteiger partial charge in [-0.3, -0.25) is 9.59 Å². The van der Waals surface area contributed by atoms with Crippen LogP contribution in [0.2, 0.25) is 0 Å². The molecule has 0 saturated heterocycles. The maximum atomic E-state index is 11.9. The number of Topliss-reactive ketones (excluding diaryl/α,β-unsaturated/α-hetero) is 1. The Morgan fingerprint density at radius 1 is 1.10 bits per heavy atom. The zero-order valence-corrected chi connectivity index (χ0v) is 13.4. The van der Waals surface area contributed by atoms with Crippen molar-refractivity contribution in [1.82, 2.24) is 0 Å². The Balaban J connectivity index is 0.00000110. The van der Waals surface area contributed by atoms with Gasteiger partial charge < -0.3 is 4.74 Å². The molecule has 1 aromatic rings. The van der Waals surface area contributed by atoms with Crippen LogP contribution in [0.5, 0.6) is 5.75 Å². The molecule has 0 heterocycles. The normalized spacial score (nSPS) is 10.3. The van der Waals surface area contributed by atoms with Crippen molar-refractivity contribution in [2.45, 2.75) is 54.4 Å². The van der Waals surface area contributed by atoms with E-state index >= 15 is 0 Å². The summed E-state index contributed by atoms with van der Waals surface area (Å²) in [6, 6.07) is 6.79. The Morgan fingerprint density at radius 2 is 1.60 bits per heavy atom. The summed E-state index contributed by atoms with van der Waals surface area (Å²) in [5.74, 6) is -0.0806. The second-order valence-electron chi connectivity index (χ2n) is 5.39. The van der Waals surface area contributed by atoms with Crippen molar-refractivity contribution < 1.29 is 14.3 Å². The molecule has 112 valence electrons. The van der Waals surface area contributed by atoms with E-state index in [2.05, 4.69) is 13.8 Å². The minimum absolute atomic E-state index is 0.109. The third-order valence-corrected chi connectivity index (χ3v) is 2.91. The van der Waals surface area contributed by atoms with Crippen LogP contribution in [-0.4, -0.2) is 11.8 Å². The SMILES string of the molecule is CCC.CCC(C)(C)C(=O)Oc1ccccc1C(C)=O. The number of benzene rings is 1. The summed E-state index contributed by atoms with van der Waals surface area (Å²) < 4.78 is 5.30. The fraction of sp³-hybridized carbons (Fsp3) is 0.529. The Kier molecular flexibility index (Phi) is 7.82. The first kappa shape index (κ1) is 18.4. The van der Waals surface area contributed by atoms with Gasteiger partial charge in [-0.25, -0.2) is 0 Å². The molecule has 0 aliphatic carbocycles. The molecular weight excluding hydrogens is 252 g/mol. The third kappa shape index (κ3) is 5.55. The molecule has 0 spiro atoms. The smallest absolute Gasteiger partial charge is 0.316 e. The predicted molar refractivity (Wildman–Crippen MR) is 82.1 cm³/mol. The lowest BCUT2D eigenvalue weighted by atomic mass is 9.90. The van der Waals surface area contributed by atoms with Crippen molar-refractivity contribution >= 4 is 11.8 Å². The molecule has 0 saturated carbocycles. The van der Waals surface area contributed by atoms with Gasteiger partial charge in [0.25, 0.3) is 0 Å². The third-order valence-electron chi connectivity index (χ3n) is 2.91. The Labute approximate surface area is 122 Å². The second-order valence-corrected chi connectivity index (χ2v) is 5.39. The zero-order chi connectivity index (χ0) is 15.8. The number of carbonyl (C=O) groups excluding carboxylic acids is 2. The number of ether oxygens (including phenoxy) is 1. The summed E-state index contributed by atoms with van der Waals surface area (Å²) in [5.41, 5.74) is -0.100. The quantitative estimate of drug-likeness (QED) is 0.457. The molecule has 0 aliphatic rings. The molecule has 0 bridgehead atoms. The van der Waals surface area contributed by atoms with Crippen molar-refractivity contribution in [2.24, 2.45) is 5.41 Å². The van der Waals surface area contributed by atoms with Crippen LogP contribution in [0.3, 0.4) is 0 Å². The van der Waals surface area contributed by atoms with E-state index in [0.717, 1.165) is 0 Å². The largest absolute Gasteiger partial charge is 0.425 e. The maximum Gasteiger partial charge on any atom is 0.316 e. The summed E-state index contributed by atoms with van der Waals surface area (Å²) in [5, 5.41) is 0. The van der Waals surface area contributed by atoms with Gasteiger partial charge in [-0.15, -0.1) is 0 Å². The van der Waals surface area contributed by atoms with E-state index in [0.29, 0.717) is 17.7 Å². The first-order valence-electron chi connectivity index (χ1n) is 7.12. The van der Waals surface area contributed by atoms with Gasteiger partial charge in [0, 0.05) is 0 Å². The van der Waals surface area contributed by atoms with E-state index in [4.69, 9.17) is 4.74 Å². The Hall–Kier alpha value is -1.64. The monoisotopic (exact) mass is 278 g/mol. The van der Waals surface area contributed by atoms with Crippen molar-refractivity contribution in [3.8, 4) is 5.75 Å². The van der Waals surface area contributed by atoms with Crippen LogP contribution in [0.4, 0.5) is 0 Å². The highest BCUT2D eigenvalue weighted by Gasteiger charge is 2.28. The van der Waals surface area contributed by atoms with Crippen LogP contribution in [0.15, 0.2) is 24.3 Å². The number of hydrogen-bond donors (Lipinski definition) is 0. The topological polar surface area (TPSA) is 43.4 Å². The van der Waals surface area contributed by atoms with Gasteiger partial charge in [-0.1, -0.05) is 39.3 Å². The molecule has 0 aromatic heterocycles. The molecule has 0 radical (unpaired) electrons. The first-order chi connectivity index (χ1) is 9.30. The van der Waals surface area contributed by atoms with Crippen LogP contribution in [0, 0.1) is 5.41 Å². The van der Waals surface area contributed by atoms with Crippen LogP contribution >= 0.6 is 0 Å². The highest BCUT2D eigenvalue weighted by atomic mass is 16.5.